The number of carboxylic acid groups (broad SMARTS) is 1. The molecule has 0 radical (unpaired) electrons. The van der Waals surface area contributed by atoms with Gasteiger partial charge in [-0.2, -0.15) is 0 Å². The Labute approximate surface area is 108 Å². The minimum absolute atomic E-state index is 0.184. The van der Waals surface area contributed by atoms with Crippen LogP contribution in [0.25, 0.3) is 0 Å². The number of carbonyl (C=O) groups is 2. The summed E-state index contributed by atoms with van der Waals surface area (Å²) in [5, 5.41) is 11.8. The van der Waals surface area contributed by atoms with E-state index in [0.29, 0.717) is 30.8 Å². The Hall–Kier alpha value is -1.10. The summed E-state index contributed by atoms with van der Waals surface area (Å²) in [6.07, 6.45) is 3.55. The number of nitrogens with zero attached hydrogens (tertiary/aromatic N) is 1. The molecule has 18 heavy (non-hydrogen) atoms. The summed E-state index contributed by atoms with van der Waals surface area (Å²) >= 11 is 0. The molecule has 0 aromatic rings. The SMILES string of the molecule is CC(CCC(=O)O)N1CCC2NC(=O)CCC2C1. The molecule has 2 N–H and O–H groups in total. The van der Waals surface area contributed by atoms with Crippen molar-refractivity contribution < 1.29 is 14.7 Å². The summed E-state index contributed by atoms with van der Waals surface area (Å²) in [6.45, 7) is 4.05. The van der Waals surface area contributed by atoms with Crippen LogP contribution in [0.4, 0.5) is 0 Å². The standard InChI is InChI=1S/C13H22N2O3/c1-9(2-5-13(17)18)15-7-6-11-10(8-15)3-4-12(16)14-11/h9-11H,2-8H2,1H3,(H,14,16)(H,17,18). The lowest BCUT2D eigenvalue weighted by Gasteiger charge is -2.43. The van der Waals surface area contributed by atoms with Gasteiger partial charge in [-0.05, 0) is 32.1 Å². The van der Waals surface area contributed by atoms with Crippen molar-refractivity contribution in [3.05, 3.63) is 0 Å². The molecule has 0 aromatic carbocycles. The summed E-state index contributed by atoms with van der Waals surface area (Å²) in [5.41, 5.74) is 0. The van der Waals surface area contributed by atoms with Gasteiger partial charge in [-0.1, -0.05) is 0 Å². The lowest BCUT2D eigenvalue weighted by atomic mass is 9.84. The number of likely N-dealkylation sites (tertiary alicyclic amines) is 1. The normalized spacial score (nSPS) is 30.4. The Morgan fingerprint density at radius 3 is 3.06 bits per heavy atom. The highest BCUT2D eigenvalue weighted by molar-refractivity contribution is 5.77. The molecule has 0 aromatic heterocycles. The zero-order chi connectivity index (χ0) is 13.1. The van der Waals surface area contributed by atoms with E-state index in [4.69, 9.17) is 5.11 Å². The van der Waals surface area contributed by atoms with E-state index in [1.165, 1.54) is 0 Å². The first kappa shape index (κ1) is 13.3. The van der Waals surface area contributed by atoms with Crippen LogP contribution < -0.4 is 5.32 Å². The molecular formula is C13H22N2O3. The number of piperidine rings is 2. The molecule has 2 heterocycles. The number of nitrogens with one attached hydrogen (secondary N) is 1. The van der Waals surface area contributed by atoms with Gasteiger partial charge in [0, 0.05) is 38.0 Å². The molecule has 2 aliphatic heterocycles. The van der Waals surface area contributed by atoms with Crippen molar-refractivity contribution in [3.63, 3.8) is 0 Å². The second-order valence-electron chi connectivity index (χ2n) is 5.54. The summed E-state index contributed by atoms with van der Waals surface area (Å²) in [6, 6.07) is 0.661. The lowest BCUT2D eigenvalue weighted by Crippen LogP contribution is -2.55. The number of fused-ring (bicyclic) bond motifs is 1. The zero-order valence-corrected chi connectivity index (χ0v) is 10.9. The summed E-state index contributed by atoms with van der Waals surface area (Å²) in [7, 11) is 0. The maximum atomic E-state index is 11.3. The molecule has 2 aliphatic rings. The topological polar surface area (TPSA) is 69.6 Å². The fourth-order valence-electron chi connectivity index (χ4n) is 3.05. The number of hydrogen-bond acceptors (Lipinski definition) is 3. The van der Waals surface area contributed by atoms with Crippen molar-refractivity contribution in [1.29, 1.82) is 0 Å². The van der Waals surface area contributed by atoms with E-state index in [1.54, 1.807) is 0 Å². The predicted octanol–water partition coefficient (Wildman–Crippen LogP) is 0.840. The van der Waals surface area contributed by atoms with Crippen LogP contribution in [-0.2, 0) is 9.59 Å². The van der Waals surface area contributed by atoms with Crippen molar-refractivity contribution in [2.45, 2.75) is 51.1 Å². The molecule has 102 valence electrons. The van der Waals surface area contributed by atoms with E-state index < -0.39 is 5.97 Å². The highest BCUT2D eigenvalue weighted by Gasteiger charge is 2.34. The van der Waals surface area contributed by atoms with E-state index in [9.17, 15) is 9.59 Å². The van der Waals surface area contributed by atoms with Crippen LogP contribution in [0.5, 0.6) is 0 Å². The van der Waals surface area contributed by atoms with Gasteiger partial charge in [0.2, 0.25) is 5.91 Å². The van der Waals surface area contributed by atoms with Gasteiger partial charge < -0.3 is 15.3 Å². The zero-order valence-electron chi connectivity index (χ0n) is 10.9. The van der Waals surface area contributed by atoms with Crippen molar-refractivity contribution >= 4 is 11.9 Å². The monoisotopic (exact) mass is 254 g/mol. The molecule has 0 bridgehead atoms. The van der Waals surface area contributed by atoms with E-state index in [1.807, 2.05) is 0 Å². The number of amides is 1. The Bertz CT molecular complexity index is 332. The Morgan fingerprint density at radius 1 is 1.56 bits per heavy atom. The van der Waals surface area contributed by atoms with Crippen LogP contribution in [0.15, 0.2) is 0 Å². The lowest BCUT2D eigenvalue weighted by molar-refractivity contribution is -0.137. The van der Waals surface area contributed by atoms with Crippen LogP contribution in [0.2, 0.25) is 0 Å². The minimum Gasteiger partial charge on any atom is -0.481 e. The summed E-state index contributed by atoms with van der Waals surface area (Å²) < 4.78 is 0. The van der Waals surface area contributed by atoms with Crippen LogP contribution in [-0.4, -0.2) is 47.1 Å². The molecule has 0 saturated carbocycles. The van der Waals surface area contributed by atoms with Crippen molar-refractivity contribution in [2.75, 3.05) is 13.1 Å². The average molecular weight is 254 g/mol. The van der Waals surface area contributed by atoms with Gasteiger partial charge in [-0.25, -0.2) is 0 Å². The number of carbonyl (C=O) groups excluding carboxylic acids is 1. The molecule has 5 nitrogen and oxygen atoms in total. The fraction of sp³-hybridized carbons (Fsp3) is 0.846. The molecule has 0 aliphatic carbocycles. The molecule has 2 rings (SSSR count). The minimum atomic E-state index is -0.721. The van der Waals surface area contributed by atoms with Crippen molar-refractivity contribution in [2.24, 2.45) is 5.92 Å². The van der Waals surface area contributed by atoms with Gasteiger partial charge >= 0.3 is 5.97 Å². The van der Waals surface area contributed by atoms with Gasteiger partial charge in [0.25, 0.3) is 0 Å². The number of rotatable bonds is 4. The first-order valence-electron chi connectivity index (χ1n) is 6.81. The third-order valence-electron chi connectivity index (χ3n) is 4.25. The van der Waals surface area contributed by atoms with Crippen LogP contribution >= 0.6 is 0 Å². The molecule has 2 saturated heterocycles. The van der Waals surface area contributed by atoms with E-state index >= 15 is 0 Å². The Kier molecular flexibility index (Phi) is 4.22. The highest BCUT2D eigenvalue weighted by Crippen LogP contribution is 2.27. The smallest absolute Gasteiger partial charge is 0.303 e. The first-order valence-corrected chi connectivity index (χ1v) is 6.81. The number of aliphatic carboxylic acids is 1. The molecule has 1 amide bonds. The van der Waals surface area contributed by atoms with Crippen molar-refractivity contribution in [3.8, 4) is 0 Å². The van der Waals surface area contributed by atoms with Crippen LogP contribution in [0.1, 0.15) is 39.0 Å². The summed E-state index contributed by atoms with van der Waals surface area (Å²) in [5.74, 6) is 0.00835. The molecule has 3 unspecified atom stereocenters. The van der Waals surface area contributed by atoms with Gasteiger partial charge in [0.15, 0.2) is 0 Å². The maximum Gasteiger partial charge on any atom is 0.303 e. The number of carboxylic acids is 1. The second-order valence-corrected chi connectivity index (χ2v) is 5.54. The Morgan fingerprint density at radius 2 is 2.33 bits per heavy atom. The third-order valence-corrected chi connectivity index (χ3v) is 4.25. The third kappa shape index (κ3) is 3.22. The highest BCUT2D eigenvalue weighted by atomic mass is 16.4. The molecule has 3 atom stereocenters. The van der Waals surface area contributed by atoms with E-state index in [-0.39, 0.29) is 12.3 Å². The molecule has 5 heteroatoms. The molecular weight excluding hydrogens is 232 g/mol. The fourth-order valence-corrected chi connectivity index (χ4v) is 3.05. The van der Waals surface area contributed by atoms with Crippen LogP contribution in [0, 0.1) is 5.92 Å². The second kappa shape index (κ2) is 5.69. The Balaban J connectivity index is 1.83. The van der Waals surface area contributed by atoms with Crippen LogP contribution in [0.3, 0.4) is 0 Å². The number of hydrogen-bond donors (Lipinski definition) is 2. The largest absolute Gasteiger partial charge is 0.481 e. The van der Waals surface area contributed by atoms with Gasteiger partial charge in [0.05, 0.1) is 0 Å². The summed E-state index contributed by atoms with van der Waals surface area (Å²) in [4.78, 5) is 24.3. The first-order chi connectivity index (χ1) is 8.56. The molecule has 0 spiro atoms. The van der Waals surface area contributed by atoms with E-state index in [0.717, 1.165) is 25.9 Å². The average Bonchev–Trinajstić information content (AvgIpc) is 2.35. The van der Waals surface area contributed by atoms with Gasteiger partial charge in [-0.15, -0.1) is 0 Å². The van der Waals surface area contributed by atoms with E-state index in [2.05, 4.69) is 17.1 Å². The van der Waals surface area contributed by atoms with Gasteiger partial charge in [-0.3, -0.25) is 9.59 Å². The van der Waals surface area contributed by atoms with Gasteiger partial charge in [0.1, 0.15) is 0 Å². The van der Waals surface area contributed by atoms with Crippen molar-refractivity contribution in [1.82, 2.24) is 10.2 Å². The quantitative estimate of drug-likeness (QED) is 0.780. The molecule has 2 fully saturated rings. The predicted molar refractivity (Wildman–Crippen MR) is 67.2 cm³/mol. The maximum absolute atomic E-state index is 11.3.